The number of hydrogen-bond acceptors (Lipinski definition) is 10. The topological polar surface area (TPSA) is 164 Å². The number of phosphoric acid groups is 1. The Kier molecular flexibility index (Phi) is 6.54. The van der Waals surface area contributed by atoms with E-state index in [-0.39, 0.29) is 24.8 Å². The molecule has 1 unspecified atom stereocenters. The number of aromatic nitrogens is 4. The molecule has 2 fully saturated rings. The number of hydrogen-bond donors (Lipinski definition) is 2. The number of phosphoric ester groups is 1. The number of carbonyl (C=O) groups is 2. The van der Waals surface area contributed by atoms with Crippen molar-refractivity contribution in [1.82, 2.24) is 19.5 Å². The molecule has 0 bridgehead atoms. The van der Waals surface area contributed by atoms with E-state index in [4.69, 9.17) is 18.5 Å². The Morgan fingerprint density at radius 2 is 2.06 bits per heavy atom. The zero-order valence-electron chi connectivity index (χ0n) is 17.5. The van der Waals surface area contributed by atoms with Gasteiger partial charge in [-0.05, 0) is 12.8 Å². The smallest absolute Gasteiger partial charge is 0.455 e. The van der Waals surface area contributed by atoms with E-state index in [1.54, 1.807) is 0 Å². The number of esters is 1. The highest BCUT2D eigenvalue weighted by atomic mass is 31.2. The predicted octanol–water partition coefficient (Wildman–Crippen LogP) is 1.69. The first-order valence-corrected chi connectivity index (χ1v) is 11.8. The van der Waals surface area contributed by atoms with E-state index in [1.165, 1.54) is 17.2 Å². The number of ether oxygens (including phenoxy) is 2. The van der Waals surface area contributed by atoms with Crippen molar-refractivity contribution in [3.05, 3.63) is 12.7 Å². The fraction of sp³-hybridized carbons (Fsp3) is 0.611. The lowest BCUT2D eigenvalue weighted by atomic mass is 10.1. The molecular formula is C18H24N5O8P. The number of fused-ring (bicyclic) bond motifs is 2. The Hall–Kier alpha value is -2.44. The molecule has 4 heterocycles. The maximum Gasteiger partial charge on any atom is 0.472 e. The second-order valence-electron chi connectivity index (χ2n) is 7.45. The van der Waals surface area contributed by atoms with E-state index < -0.39 is 38.3 Å². The van der Waals surface area contributed by atoms with Crippen molar-refractivity contribution in [3.63, 3.8) is 0 Å². The fourth-order valence-corrected chi connectivity index (χ4v) is 4.60. The normalized spacial score (nSPS) is 29.6. The largest absolute Gasteiger partial charge is 0.472 e. The number of nitrogens with zero attached hydrogens (tertiary/aromatic N) is 4. The average Bonchev–Trinajstić information content (AvgIpc) is 3.30. The highest BCUT2D eigenvalue weighted by Crippen LogP contribution is 2.53. The van der Waals surface area contributed by atoms with Crippen LogP contribution in [0.15, 0.2) is 12.7 Å². The van der Waals surface area contributed by atoms with E-state index >= 15 is 0 Å². The van der Waals surface area contributed by atoms with E-state index in [0.29, 0.717) is 30.4 Å². The van der Waals surface area contributed by atoms with Gasteiger partial charge in [0, 0.05) is 12.8 Å². The summed E-state index contributed by atoms with van der Waals surface area (Å²) in [7, 11) is -4.30. The summed E-state index contributed by atoms with van der Waals surface area (Å²) in [6.07, 6.45) is 0.639. The number of rotatable bonds is 7. The van der Waals surface area contributed by atoms with E-state index in [1.807, 2.05) is 13.8 Å². The average molecular weight is 469 g/mol. The van der Waals surface area contributed by atoms with Crippen LogP contribution in [0.2, 0.25) is 0 Å². The molecule has 0 aromatic carbocycles. The van der Waals surface area contributed by atoms with Gasteiger partial charge in [0.15, 0.2) is 29.3 Å². The number of amides is 1. The summed E-state index contributed by atoms with van der Waals surface area (Å²) >= 11 is 0. The molecule has 174 valence electrons. The van der Waals surface area contributed by atoms with Gasteiger partial charge in [0.1, 0.15) is 18.5 Å². The van der Waals surface area contributed by atoms with Crippen LogP contribution in [0.25, 0.3) is 11.2 Å². The molecule has 2 aromatic rings. The minimum Gasteiger partial charge on any atom is -0.455 e. The number of anilines is 1. The van der Waals surface area contributed by atoms with Gasteiger partial charge in [0.05, 0.1) is 12.9 Å². The molecule has 2 aliphatic rings. The number of nitrogens with one attached hydrogen (secondary N) is 1. The molecule has 0 spiro atoms. The molecule has 0 aliphatic carbocycles. The quantitative estimate of drug-likeness (QED) is 0.448. The molecular weight excluding hydrogens is 445 g/mol. The van der Waals surface area contributed by atoms with Gasteiger partial charge >= 0.3 is 13.8 Å². The van der Waals surface area contributed by atoms with Gasteiger partial charge in [-0.25, -0.2) is 19.5 Å². The molecule has 2 aromatic heterocycles. The maximum atomic E-state index is 12.3. The van der Waals surface area contributed by atoms with Crippen LogP contribution in [-0.4, -0.2) is 61.2 Å². The fourth-order valence-electron chi connectivity index (χ4n) is 3.64. The lowest BCUT2D eigenvalue weighted by molar-refractivity contribution is -0.158. The Morgan fingerprint density at radius 1 is 1.28 bits per heavy atom. The molecule has 2 saturated heterocycles. The summed E-state index contributed by atoms with van der Waals surface area (Å²) in [5.41, 5.74) is 0.638. The number of carbonyl (C=O) groups excluding carboxylic acids is 2. The highest BCUT2D eigenvalue weighted by molar-refractivity contribution is 7.47. The van der Waals surface area contributed by atoms with Crippen LogP contribution in [0, 0.1) is 0 Å². The molecule has 14 heteroatoms. The minimum atomic E-state index is -4.30. The van der Waals surface area contributed by atoms with Gasteiger partial charge in [0.25, 0.3) is 0 Å². The number of imidazole rings is 1. The summed E-state index contributed by atoms with van der Waals surface area (Å²) in [6, 6.07) is 0. The summed E-state index contributed by atoms with van der Waals surface area (Å²) in [5, 5.41) is 2.70. The summed E-state index contributed by atoms with van der Waals surface area (Å²) in [6.45, 7) is 3.50. The van der Waals surface area contributed by atoms with E-state index in [9.17, 15) is 19.0 Å². The van der Waals surface area contributed by atoms with Crippen molar-refractivity contribution >= 4 is 36.7 Å². The van der Waals surface area contributed by atoms with Crippen LogP contribution in [0.1, 0.15) is 45.8 Å². The maximum absolute atomic E-state index is 12.3. The van der Waals surface area contributed by atoms with Crippen LogP contribution in [0.5, 0.6) is 0 Å². The molecule has 4 rings (SSSR count). The first kappa shape index (κ1) is 22.7. The van der Waals surface area contributed by atoms with Crippen molar-refractivity contribution in [2.75, 3.05) is 11.9 Å². The summed E-state index contributed by atoms with van der Waals surface area (Å²) in [4.78, 5) is 46.7. The van der Waals surface area contributed by atoms with Gasteiger partial charge in [-0.3, -0.25) is 23.2 Å². The first-order valence-electron chi connectivity index (χ1n) is 10.3. The predicted molar refractivity (Wildman–Crippen MR) is 108 cm³/mol. The Morgan fingerprint density at radius 3 is 2.81 bits per heavy atom. The third-order valence-corrected chi connectivity index (χ3v) is 6.02. The third kappa shape index (κ3) is 4.52. The third-order valence-electron chi connectivity index (χ3n) is 5.03. The van der Waals surface area contributed by atoms with Crippen molar-refractivity contribution in [1.29, 1.82) is 0 Å². The van der Waals surface area contributed by atoms with Crippen molar-refractivity contribution in [2.45, 2.75) is 64.1 Å². The van der Waals surface area contributed by atoms with Gasteiger partial charge < -0.3 is 19.7 Å². The van der Waals surface area contributed by atoms with Gasteiger partial charge in [-0.15, -0.1) is 0 Å². The standard InChI is InChI=1S/C18H24N5O8P/c1-3-5-11(24)22-16-13-17(20-8-19-16)23(9-21-13)18-15(30-12(25)6-4-2)14-10(29-18)7-28-32(26,27)31-14/h8-10,14-15,18H,3-7H2,1-2H3,(H,26,27)(H,19,20,22,24)/t10-,14-,15+,18-/m0/s1. The first-order chi connectivity index (χ1) is 15.3. The molecule has 32 heavy (non-hydrogen) atoms. The molecule has 1 amide bonds. The van der Waals surface area contributed by atoms with Crippen LogP contribution >= 0.6 is 7.82 Å². The van der Waals surface area contributed by atoms with Crippen molar-refractivity contribution in [2.24, 2.45) is 0 Å². The Bertz CT molecular complexity index is 1060. The zero-order valence-corrected chi connectivity index (χ0v) is 18.4. The Labute approximate surface area is 183 Å². The van der Waals surface area contributed by atoms with Crippen LogP contribution in [0.4, 0.5) is 5.82 Å². The van der Waals surface area contributed by atoms with Crippen molar-refractivity contribution < 1.29 is 37.6 Å². The van der Waals surface area contributed by atoms with E-state index in [0.717, 1.165) is 0 Å². The lowest BCUT2D eigenvalue weighted by Gasteiger charge is -2.29. The van der Waals surface area contributed by atoms with Gasteiger partial charge in [-0.2, -0.15) is 0 Å². The second-order valence-corrected chi connectivity index (χ2v) is 8.85. The van der Waals surface area contributed by atoms with Gasteiger partial charge in [-0.1, -0.05) is 13.8 Å². The Balaban J connectivity index is 1.68. The molecule has 0 saturated carbocycles. The van der Waals surface area contributed by atoms with Crippen LogP contribution in [-0.2, 0) is 32.7 Å². The minimum absolute atomic E-state index is 0.161. The SMILES string of the molecule is CCCC(=O)Nc1ncnc2c1ncn2[C@H]1O[C@H]2COP(=O)(O)O[C@@H]2[C@H]1OC(=O)CCC. The summed E-state index contributed by atoms with van der Waals surface area (Å²) < 4.78 is 35.1. The van der Waals surface area contributed by atoms with Gasteiger partial charge in [0.2, 0.25) is 5.91 Å². The van der Waals surface area contributed by atoms with E-state index in [2.05, 4.69) is 20.3 Å². The van der Waals surface area contributed by atoms with Crippen LogP contribution in [0.3, 0.4) is 0 Å². The monoisotopic (exact) mass is 469 g/mol. The lowest BCUT2D eigenvalue weighted by Crippen LogP contribution is -2.41. The summed E-state index contributed by atoms with van der Waals surface area (Å²) in [5.74, 6) is -0.469. The molecule has 2 aliphatic heterocycles. The second kappa shape index (κ2) is 9.20. The molecule has 2 N–H and O–H groups in total. The highest BCUT2D eigenvalue weighted by Gasteiger charge is 2.55. The molecule has 0 radical (unpaired) electrons. The molecule has 5 atom stereocenters. The van der Waals surface area contributed by atoms with Crippen molar-refractivity contribution in [3.8, 4) is 0 Å². The van der Waals surface area contributed by atoms with Crippen LogP contribution < -0.4 is 5.32 Å². The molecule has 13 nitrogen and oxygen atoms in total. The zero-order chi connectivity index (χ0) is 22.9.